The third-order valence-electron chi connectivity index (χ3n) is 6.70. The molecule has 4 heteroatoms. The molecule has 4 nitrogen and oxygen atoms in total. The lowest BCUT2D eigenvalue weighted by Crippen LogP contribution is -2.46. The molecule has 142 valence electrons. The maximum Gasteiger partial charge on any atom is 0.241 e. The van der Waals surface area contributed by atoms with Crippen molar-refractivity contribution in [2.24, 2.45) is 11.8 Å². The molecule has 0 spiro atoms. The molecule has 0 saturated carbocycles. The molecule has 1 aromatic carbocycles. The smallest absolute Gasteiger partial charge is 0.241 e. The highest BCUT2D eigenvalue weighted by molar-refractivity contribution is 5.96. The highest BCUT2D eigenvalue weighted by Crippen LogP contribution is 2.31. The van der Waals surface area contributed by atoms with Crippen LogP contribution in [0.4, 0.5) is 5.69 Å². The van der Waals surface area contributed by atoms with Crippen LogP contribution in [0.1, 0.15) is 43.2 Å². The summed E-state index contributed by atoms with van der Waals surface area (Å²) in [7, 11) is 0. The van der Waals surface area contributed by atoms with Crippen LogP contribution in [0.2, 0.25) is 0 Å². The second-order valence-electron chi connectivity index (χ2n) is 8.48. The SMILES string of the molecule is Cc1ccc2c(c1)CCCN2C(=O)CN1CCC(C2CCNCC2)CC1. The van der Waals surface area contributed by atoms with Crippen molar-refractivity contribution < 1.29 is 4.79 Å². The van der Waals surface area contributed by atoms with Crippen LogP contribution >= 0.6 is 0 Å². The number of hydrogen-bond donors (Lipinski definition) is 1. The maximum absolute atomic E-state index is 13.0. The summed E-state index contributed by atoms with van der Waals surface area (Å²) in [6.45, 7) is 8.17. The van der Waals surface area contributed by atoms with E-state index in [9.17, 15) is 4.79 Å². The average Bonchev–Trinajstić information content (AvgIpc) is 2.68. The van der Waals surface area contributed by atoms with Gasteiger partial charge in [-0.05, 0) is 95.1 Å². The van der Waals surface area contributed by atoms with Crippen LogP contribution in [0.5, 0.6) is 0 Å². The fourth-order valence-corrected chi connectivity index (χ4v) is 5.16. The molecule has 26 heavy (non-hydrogen) atoms. The van der Waals surface area contributed by atoms with Gasteiger partial charge in [0.05, 0.1) is 6.54 Å². The van der Waals surface area contributed by atoms with Crippen molar-refractivity contribution in [2.45, 2.75) is 45.4 Å². The van der Waals surface area contributed by atoms with E-state index in [1.165, 1.54) is 49.9 Å². The molecule has 2 fully saturated rings. The van der Waals surface area contributed by atoms with Gasteiger partial charge in [-0.25, -0.2) is 0 Å². The molecule has 1 amide bonds. The molecule has 0 aromatic heterocycles. The first-order valence-electron chi connectivity index (χ1n) is 10.5. The number of anilines is 1. The number of carbonyl (C=O) groups is 1. The van der Waals surface area contributed by atoms with E-state index in [0.29, 0.717) is 6.54 Å². The Morgan fingerprint density at radius 3 is 2.58 bits per heavy atom. The molecular formula is C22H33N3O. The Labute approximate surface area is 157 Å². The highest BCUT2D eigenvalue weighted by atomic mass is 16.2. The standard InChI is InChI=1S/C22H33N3O/c1-17-4-5-21-20(15-17)3-2-12-25(21)22(26)16-24-13-8-19(9-14-24)18-6-10-23-11-7-18/h4-5,15,18-19,23H,2-3,6-14,16H2,1H3. The Morgan fingerprint density at radius 2 is 1.81 bits per heavy atom. The van der Waals surface area contributed by atoms with E-state index in [4.69, 9.17) is 0 Å². The van der Waals surface area contributed by atoms with Gasteiger partial charge in [-0.15, -0.1) is 0 Å². The van der Waals surface area contributed by atoms with E-state index >= 15 is 0 Å². The summed E-state index contributed by atoms with van der Waals surface area (Å²) in [4.78, 5) is 17.4. The summed E-state index contributed by atoms with van der Waals surface area (Å²) < 4.78 is 0. The van der Waals surface area contributed by atoms with Gasteiger partial charge >= 0.3 is 0 Å². The minimum atomic E-state index is 0.287. The van der Waals surface area contributed by atoms with Crippen molar-refractivity contribution in [3.05, 3.63) is 29.3 Å². The maximum atomic E-state index is 13.0. The summed E-state index contributed by atoms with van der Waals surface area (Å²) in [6, 6.07) is 6.53. The Kier molecular flexibility index (Phi) is 5.60. The number of likely N-dealkylation sites (tertiary alicyclic amines) is 1. The molecule has 3 heterocycles. The molecule has 0 atom stereocenters. The third kappa shape index (κ3) is 3.96. The number of piperidine rings is 2. The molecule has 0 aliphatic carbocycles. The number of hydrogen-bond acceptors (Lipinski definition) is 3. The number of fused-ring (bicyclic) bond motifs is 1. The van der Waals surface area contributed by atoms with E-state index in [1.54, 1.807) is 0 Å². The second-order valence-corrected chi connectivity index (χ2v) is 8.48. The van der Waals surface area contributed by atoms with Crippen LogP contribution in [-0.2, 0) is 11.2 Å². The Morgan fingerprint density at radius 1 is 1.08 bits per heavy atom. The van der Waals surface area contributed by atoms with Crippen molar-refractivity contribution in [1.29, 1.82) is 0 Å². The lowest BCUT2D eigenvalue weighted by Gasteiger charge is -2.38. The number of rotatable bonds is 3. The van der Waals surface area contributed by atoms with E-state index < -0.39 is 0 Å². The normalized spacial score (nSPS) is 23.0. The second kappa shape index (κ2) is 8.10. The van der Waals surface area contributed by atoms with Gasteiger partial charge in [0, 0.05) is 12.2 Å². The first-order valence-corrected chi connectivity index (χ1v) is 10.5. The predicted octanol–water partition coefficient (Wildman–Crippen LogP) is 2.99. The van der Waals surface area contributed by atoms with Crippen LogP contribution in [0.25, 0.3) is 0 Å². The van der Waals surface area contributed by atoms with Gasteiger partial charge in [-0.1, -0.05) is 17.7 Å². The van der Waals surface area contributed by atoms with Crippen LogP contribution < -0.4 is 10.2 Å². The molecule has 0 radical (unpaired) electrons. The van der Waals surface area contributed by atoms with Gasteiger partial charge in [0.15, 0.2) is 0 Å². The van der Waals surface area contributed by atoms with Crippen LogP contribution in [0, 0.1) is 18.8 Å². The number of aryl methyl sites for hydroxylation is 2. The van der Waals surface area contributed by atoms with Gasteiger partial charge in [-0.3, -0.25) is 9.69 Å². The van der Waals surface area contributed by atoms with Crippen molar-refractivity contribution in [2.75, 3.05) is 44.2 Å². The number of benzene rings is 1. The summed E-state index contributed by atoms with van der Waals surface area (Å²) in [5.41, 5.74) is 3.78. The first kappa shape index (κ1) is 18.0. The van der Waals surface area contributed by atoms with Gasteiger partial charge in [0.25, 0.3) is 0 Å². The highest BCUT2D eigenvalue weighted by Gasteiger charge is 2.30. The zero-order valence-electron chi connectivity index (χ0n) is 16.2. The molecule has 2 saturated heterocycles. The fraction of sp³-hybridized carbons (Fsp3) is 0.682. The van der Waals surface area contributed by atoms with E-state index in [-0.39, 0.29) is 5.91 Å². The Balaban J connectivity index is 1.32. The van der Waals surface area contributed by atoms with Gasteiger partial charge in [0.2, 0.25) is 5.91 Å². The minimum Gasteiger partial charge on any atom is -0.317 e. The Bertz CT molecular complexity index is 630. The van der Waals surface area contributed by atoms with Crippen molar-refractivity contribution in [1.82, 2.24) is 10.2 Å². The molecule has 0 bridgehead atoms. The van der Waals surface area contributed by atoms with Gasteiger partial charge in [-0.2, -0.15) is 0 Å². The Hall–Kier alpha value is -1.39. The third-order valence-corrected chi connectivity index (χ3v) is 6.70. The lowest BCUT2D eigenvalue weighted by atomic mass is 9.79. The van der Waals surface area contributed by atoms with Gasteiger partial charge < -0.3 is 10.2 Å². The van der Waals surface area contributed by atoms with Crippen molar-refractivity contribution >= 4 is 11.6 Å². The lowest BCUT2D eigenvalue weighted by molar-refractivity contribution is -0.120. The molecule has 4 rings (SSSR count). The number of carbonyl (C=O) groups excluding carboxylic acids is 1. The van der Waals surface area contributed by atoms with Crippen molar-refractivity contribution in [3.8, 4) is 0 Å². The minimum absolute atomic E-state index is 0.287. The van der Waals surface area contributed by atoms with E-state index in [0.717, 1.165) is 50.0 Å². The molecular weight excluding hydrogens is 322 g/mol. The largest absolute Gasteiger partial charge is 0.317 e. The zero-order valence-corrected chi connectivity index (χ0v) is 16.2. The van der Waals surface area contributed by atoms with E-state index in [2.05, 4.69) is 35.3 Å². The summed E-state index contributed by atoms with van der Waals surface area (Å²) in [5, 5.41) is 3.48. The zero-order chi connectivity index (χ0) is 17.9. The topological polar surface area (TPSA) is 35.6 Å². The quantitative estimate of drug-likeness (QED) is 0.905. The van der Waals surface area contributed by atoms with Crippen molar-refractivity contribution in [3.63, 3.8) is 0 Å². The molecule has 3 aliphatic rings. The molecule has 0 unspecified atom stereocenters. The number of nitrogens with one attached hydrogen (secondary N) is 1. The summed E-state index contributed by atoms with van der Waals surface area (Å²) >= 11 is 0. The molecule has 1 aromatic rings. The molecule has 1 N–H and O–H groups in total. The fourth-order valence-electron chi connectivity index (χ4n) is 5.16. The monoisotopic (exact) mass is 355 g/mol. The summed E-state index contributed by atoms with van der Waals surface area (Å²) in [5.74, 6) is 2.07. The number of amides is 1. The van der Waals surface area contributed by atoms with Crippen LogP contribution in [-0.4, -0.2) is 50.1 Å². The average molecular weight is 356 g/mol. The predicted molar refractivity (Wildman–Crippen MR) is 107 cm³/mol. The van der Waals surface area contributed by atoms with Crippen LogP contribution in [0.15, 0.2) is 18.2 Å². The van der Waals surface area contributed by atoms with Gasteiger partial charge in [0.1, 0.15) is 0 Å². The molecule has 3 aliphatic heterocycles. The first-order chi connectivity index (χ1) is 12.7. The summed E-state index contributed by atoms with van der Waals surface area (Å²) in [6.07, 6.45) is 7.41. The van der Waals surface area contributed by atoms with E-state index in [1.807, 2.05) is 4.90 Å². The van der Waals surface area contributed by atoms with Crippen LogP contribution in [0.3, 0.4) is 0 Å². The number of nitrogens with zero attached hydrogens (tertiary/aromatic N) is 2.